The molecular formula is C15H20FNO3. The van der Waals surface area contributed by atoms with Crippen LogP contribution < -0.4 is 4.74 Å². The van der Waals surface area contributed by atoms with Crippen molar-refractivity contribution in [2.24, 2.45) is 5.92 Å². The molecule has 0 spiro atoms. The highest BCUT2D eigenvalue weighted by Crippen LogP contribution is 2.17. The van der Waals surface area contributed by atoms with Gasteiger partial charge in [-0.05, 0) is 24.5 Å². The van der Waals surface area contributed by atoms with E-state index in [1.54, 1.807) is 17.0 Å². The molecule has 1 aliphatic heterocycles. The lowest BCUT2D eigenvalue weighted by atomic mass is 9.96. The van der Waals surface area contributed by atoms with Gasteiger partial charge in [-0.3, -0.25) is 4.79 Å². The number of hydrogen-bond donors (Lipinski definition) is 1. The van der Waals surface area contributed by atoms with E-state index in [1.807, 2.05) is 6.92 Å². The molecule has 1 fully saturated rings. The summed E-state index contributed by atoms with van der Waals surface area (Å²) in [4.78, 5) is 13.8. The Bertz CT molecular complexity index is 466. The summed E-state index contributed by atoms with van der Waals surface area (Å²) in [7, 11) is 0. The normalized spacial score (nSPS) is 22.6. The van der Waals surface area contributed by atoms with E-state index in [4.69, 9.17) is 4.74 Å². The number of ether oxygens (including phenoxy) is 1. The zero-order chi connectivity index (χ0) is 14.5. The number of hydrogen-bond acceptors (Lipinski definition) is 3. The Morgan fingerprint density at radius 3 is 3.05 bits per heavy atom. The summed E-state index contributed by atoms with van der Waals surface area (Å²) in [5.74, 6) is 0.199. The summed E-state index contributed by atoms with van der Waals surface area (Å²) < 4.78 is 18.3. The van der Waals surface area contributed by atoms with Crippen LogP contribution in [0.5, 0.6) is 5.75 Å². The van der Waals surface area contributed by atoms with E-state index in [-0.39, 0.29) is 36.8 Å². The Morgan fingerprint density at radius 2 is 2.35 bits per heavy atom. The van der Waals surface area contributed by atoms with E-state index in [1.165, 1.54) is 12.1 Å². The first-order valence-corrected chi connectivity index (χ1v) is 6.90. The minimum atomic E-state index is -0.354. The van der Waals surface area contributed by atoms with Gasteiger partial charge in [0.1, 0.15) is 11.6 Å². The summed E-state index contributed by atoms with van der Waals surface area (Å²) in [5, 5.41) is 9.63. The molecule has 1 amide bonds. The van der Waals surface area contributed by atoms with E-state index in [0.29, 0.717) is 25.3 Å². The third-order valence-corrected chi connectivity index (χ3v) is 3.59. The average molecular weight is 281 g/mol. The summed E-state index contributed by atoms with van der Waals surface area (Å²) >= 11 is 0. The largest absolute Gasteiger partial charge is 0.493 e. The van der Waals surface area contributed by atoms with Gasteiger partial charge in [0, 0.05) is 19.2 Å². The molecular weight excluding hydrogens is 261 g/mol. The standard InChI is InChI=1S/C15H20FNO3/c1-11-10-17(7-5-14(11)18)15(19)6-8-20-13-4-2-3-12(16)9-13/h2-4,9,11,14,18H,5-8,10H2,1H3. The Hall–Kier alpha value is -1.62. The van der Waals surface area contributed by atoms with Gasteiger partial charge in [-0.15, -0.1) is 0 Å². The second kappa shape index (κ2) is 6.70. The lowest BCUT2D eigenvalue weighted by molar-refractivity contribution is -0.135. The number of rotatable bonds is 4. The molecule has 0 aliphatic carbocycles. The van der Waals surface area contributed by atoms with Crippen LogP contribution in [-0.2, 0) is 4.79 Å². The molecule has 0 saturated carbocycles. The highest BCUT2D eigenvalue weighted by Gasteiger charge is 2.26. The molecule has 2 unspecified atom stereocenters. The van der Waals surface area contributed by atoms with Crippen molar-refractivity contribution in [2.45, 2.75) is 25.9 Å². The molecule has 0 radical (unpaired) electrons. The Morgan fingerprint density at radius 1 is 1.55 bits per heavy atom. The third kappa shape index (κ3) is 3.93. The highest BCUT2D eigenvalue weighted by molar-refractivity contribution is 5.76. The first-order chi connectivity index (χ1) is 9.56. The van der Waals surface area contributed by atoms with Crippen molar-refractivity contribution in [2.75, 3.05) is 19.7 Å². The summed E-state index contributed by atoms with van der Waals surface area (Å²) in [6, 6.07) is 5.87. The van der Waals surface area contributed by atoms with Crippen molar-refractivity contribution in [3.63, 3.8) is 0 Å². The van der Waals surface area contributed by atoms with E-state index >= 15 is 0 Å². The van der Waals surface area contributed by atoms with Crippen LogP contribution >= 0.6 is 0 Å². The van der Waals surface area contributed by atoms with Crippen LogP contribution in [0.3, 0.4) is 0 Å². The molecule has 1 aromatic rings. The molecule has 2 rings (SSSR count). The van der Waals surface area contributed by atoms with E-state index in [2.05, 4.69) is 0 Å². The topological polar surface area (TPSA) is 49.8 Å². The van der Waals surface area contributed by atoms with Gasteiger partial charge in [-0.25, -0.2) is 4.39 Å². The minimum Gasteiger partial charge on any atom is -0.493 e. The Balaban J connectivity index is 1.75. The van der Waals surface area contributed by atoms with Crippen molar-refractivity contribution >= 4 is 5.91 Å². The quantitative estimate of drug-likeness (QED) is 0.916. The van der Waals surface area contributed by atoms with Crippen LogP contribution in [-0.4, -0.2) is 41.7 Å². The fourth-order valence-electron chi connectivity index (χ4n) is 2.33. The molecule has 1 heterocycles. The number of nitrogens with zero attached hydrogens (tertiary/aromatic N) is 1. The number of halogens is 1. The van der Waals surface area contributed by atoms with Gasteiger partial charge in [0.2, 0.25) is 5.91 Å². The van der Waals surface area contributed by atoms with Crippen molar-refractivity contribution in [1.29, 1.82) is 0 Å². The maximum atomic E-state index is 12.9. The predicted octanol–water partition coefficient (Wildman–Crippen LogP) is 1.82. The Labute approximate surface area is 118 Å². The summed E-state index contributed by atoms with van der Waals surface area (Å²) in [5.41, 5.74) is 0. The Kier molecular flexibility index (Phi) is 4.95. The highest BCUT2D eigenvalue weighted by atomic mass is 19.1. The van der Waals surface area contributed by atoms with Gasteiger partial charge in [-0.2, -0.15) is 0 Å². The van der Waals surface area contributed by atoms with Crippen LogP contribution in [0.4, 0.5) is 4.39 Å². The molecule has 1 aromatic carbocycles. The maximum Gasteiger partial charge on any atom is 0.226 e. The molecule has 2 atom stereocenters. The summed E-state index contributed by atoms with van der Waals surface area (Å²) in [6.07, 6.45) is 0.569. The monoisotopic (exact) mass is 281 g/mol. The van der Waals surface area contributed by atoms with Crippen LogP contribution in [0.1, 0.15) is 19.8 Å². The smallest absolute Gasteiger partial charge is 0.226 e. The zero-order valence-electron chi connectivity index (χ0n) is 11.6. The fourth-order valence-corrected chi connectivity index (χ4v) is 2.33. The van der Waals surface area contributed by atoms with Gasteiger partial charge in [0.15, 0.2) is 0 Å². The molecule has 20 heavy (non-hydrogen) atoms. The molecule has 1 aliphatic rings. The number of carbonyl (C=O) groups is 1. The second-order valence-electron chi connectivity index (χ2n) is 5.23. The number of piperidine rings is 1. The predicted molar refractivity (Wildman–Crippen MR) is 72.9 cm³/mol. The average Bonchev–Trinajstić information content (AvgIpc) is 2.42. The molecule has 5 heteroatoms. The number of aliphatic hydroxyl groups excluding tert-OH is 1. The van der Waals surface area contributed by atoms with Crippen LogP contribution in [0.25, 0.3) is 0 Å². The number of likely N-dealkylation sites (tertiary alicyclic amines) is 1. The van der Waals surface area contributed by atoms with Crippen molar-refractivity contribution < 1.29 is 19.0 Å². The zero-order valence-corrected chi connectivity index (χ0v) is 11.6. The van der Waals surface area contributed by atoms with Gasteiger partial charge < -0.3 is 14.7 Å². The van der Waals surface area contributed by atoms with Gasteiger partial charge >= 0.3 is 0 Å². The lowest BCUT2D eigenvalue weighted by Crippen LogP contribution is -2.45. The molecule has 110 valence electrons. The lowest BCUT2D eigenvalue weighted by Gasteiger charge is -2.34. The fraction of sp³-hybridized carbons (Fsp3) is 0.533. The number of carbonyl (C=O) groups excluding carboxylic acids is 1. The third-order valence-electron chi connectivity index (χ3n) is 3.59. The van der Waals surface area contributed by atoms with Crippen LogP contribution in [0, 0.1) is 11.7 Å². The van der Waals surface area contributed by atoms with Crippen LogP contribution in [0.2, 0.25) is 0 Å². The second-order valence-corrected chi connectivity index (χ2v) is 5.23. The first-order valence-electron chi connectivity index (χ1n) is 6.90. The van der Waals surface area contributed by atoms with Crippen LogP contribution in [0.15, 0.2) is 24.3 Å². The summed E-state index contributed by atoms with van der Waals surface area (Å²) in [6.45, 7) is 3.34. The molecule has 1 N–H and O–H groups in total. The number of amides is 1. The van der Waals surface area contributed by atoms with Gasteiger partial charge in [-0.1, -0.05) is 13.0 Å². The molecule has 1 saturated heterocycles. The number of benzene rings is 1. The van der Waals surface area contributed by atoms with E-state index < -0.39 is 0 Å². The van der Waals surface area contributed by atoms with E-state index in [0.717, 1.165) is 0 Å². The van der Waals surface area contributed by atoms with Crippen molar-refractivity contribution in [3.8, 4) is 5.75 Å². The molecule has 0 bridgehead atoms. The number of aliphatic hydroxyl groups is 1. The molecule has 4 nitrogen and oxygen atoms in total. The minimum absolute atomic E-state index is 0.0140. The van der Waals surface area contributed by atoms with E-state index in [9.17, 15) is 14.3 Å². The van der Waals surface area contributed by atoms with Crippen molar-refractivity contribution in [1.82, 2.24) is 4.90 Å². The van der Waals surface area contributed by atoms with Crippen molar-refractivity contribution in [3.05, 3.63) is 30.1 Å². The van der Waals surface area contributed by atoms with Gasteiger partial charge in [0.05, 0.1) is 19.1 Å². The first kappa shape index (κ1) is 14.8. The SMILES string of the molecule is CC1CN(C(=O)CCOc2cccc(F)c2)CCC1O. The van der Waals surface area contributed by atoms with Gasteiger partial charge in [0.25, 0.3) is 0 Å². The maximum absolute atomic E-state index is 12.9. The molecule has 0 aromatic heterocycles.